The van der Waals surface area contributed by atoms with Crippen LogP contribution in [0.1, 0.15) is 35.8 Å². The second-order valence-electron chi connectivity index (χ2n) is 7.48. The lowest BCUT2D eigenvalue weighted by Gasteiger charge is -2.12. The summed E-state index contributed by atoms with van der Waals surface area (Å²) in [4.78, 5) is 27.7. The first-order chi connectivity index (χ1) is 15.2. The topological polar surface area (TPSA) is 78.5 Å². The van der Waals surface area contributed by atoms with Crippen molar-refractivity contribution in [1.29, 1.82) is 0 Å². The van der Waals surface area contributed by atoms with Gasteiger partial charge in [0.05, 0.1) is 24.3 Å². The van der Waals surface area contributed by atoms with E-state index in [1.807, 2.05) is 34.7 Å². The summed E-state index contributed by atoms with van der Waals surface area (Å²) in [6, 6.07) is 9.90. The Kier molecular flexibility index (Phi) is 5.54. The van der Waals surface area contributed by atoms with Crippen LogP contribution in [-0.4, -0.2) is 37.5 Å². The summed E-state index contributed by atoms with van der Waals surface area (Å²) in [5.41, 5.74) is 2.19. The van der Waals surface area contributed by atoms with E-state index in [4.69, 9.17) is 4.74 Å². The molecule has 0 radical (unpaired) electrons. The molecular weight excluding hydrogens is 432 g/mol. The van der Waals surface area contributed by atoms with E-state index in [0.717, 1.165) is 41.5 Å². The van der Waals surface area contributed by atoms with E-state index in [0.29, 0.717) is 24.1 Å². The number of aromatic nitrogens is 4. The van der Waals surface area contributed by atoms with Gasteiger partial charge in [0.15, 0.2) is 5.16 Å². The standard InChI is InChI=1S/C22H22N4O3S2/c1-2-29-17(27)13-30-22-24-23-21-25(12-14-8-4-3-5-9-14)19(28)18-15-10-6-7-11-16(15)31-20(18)26(21)22/h3-5,8-9H,2,6-7,10-13H2,1H3. The van der Waals surface area contributed by atoms with E-state index >= 15 is 0 Å². The van der Waals surface area contributed by atoms with Crippen LogP contribution in [0.5, 0.6) is 0 Å². The van der Waals surface area contributed by atoms with E-state index in [2.05, 4.69) is 10.2 Å². The maximum Gasteiger partial charge on any atom is 0.316 e. The van der Waals surface area contributed by atoms with Gasteiger partial charge in [0.1, 0.15) is 4.83 Å². The van der Waals surface area contributed by atoms with Gasteiger partial charge in [0.25, 0.3) is 5.56 Å². The number of aryl methyl sites for hydroxylation is 2. The Bertz CT molecular complexity index is 1320. The second-order valence-corrected chi connectivity index (χ2v) is 9.51. The van der Waals surface area contributed by atoms with Crippen LogP contribution in [-0.2, 0) is 28.9 Å². The third-order valence-corrected chi connectivity index (χ3v) is 7.66. The van der Waals surface area contributed by atoms with Crippen molar-refractivity contribution in [1.82, 2.24) is 19.2 Å². The van der Waals surface area contributed by atoms with Crippen molar-refractivity contribution in [3.63, 3.8) is 0 Å². The van der Waals surface area contributed by atoms with E-state index in [9.17, 15) is 9.59 Å². The number of carbonyl (C=O) groups is 1. The number of hydrogen-bond donors (Lipinski definition) is 0. The Morgan fingerprint density at radius 2 is 2.00 bits per heavy atom. The molecule has 9 heteroatoms. The number of thiophene rings is 1. The van der Waals surface area contributed by atoms with Crippen LogP contribution >= 0.6 is 23.1 Å². The summed E-state index contributed by atoms with van der Waals surface area (Å²) in [5.74, 6) is 0.369. The van der Waals surface area contributed by atoms with Gasteiger partial charge in [-0.05, 0) is 43.7 Å². The first kappa shape index (κ1) is 20.3. The number of nitrogens with zero attached hydrogens (tertiary/aromatic N) is 4. The molecule has 3 aromatic heterocycles. The molecule has 0 atom stereocenters. The SMILES string of the molecule is CCOC(=O)CSc1nnc2n(Cc3ccccc3)c(=O)c3c4c(sc3n12)CCCC4. The molecule has 3 heterocycles. The van der Waals surface area contributed by atoms with Gasteiger partial charge in [-0.2, -0.15) is 0 Å². The van der Waals surface area contributed by atoms with Crippen LogP contribution in [0.4, 0.5) is 0 Å². The van der Waals surface area contributed by atoms with Gasteiger partial charge < -0.3 is 4.74 Å². The summed E-state index contributed by atoms with van der Waals surface area (Å²) < 4.78 is 8.72. The first-order valence-corrected chi connectivity index (χ1v) is 12.2. The zero-order valence-corrected chi connectivity index (χ0v) is 18.8. The molecule has 0 saturated heterocycles. The number of rotatable bonds is 6. The quantitative estimate of drug-likeness (QED) is 0.327. The van der Waals surface area contributed by atoms with Crippen LogP contribution < -0.4 is 5.56 Å². The third kappa shape index (κ3) is 3.65. The fraction of sp³-hybridized carbons (Fsp3) is 0.364. The highest BCUT2D eigenvalue weighted by atomic mass is 32.2. The summed E-state index contributed by atoms with van der Waals surface area (Å²) in [5, 5.41) is 10.1. The molecule has 1 aliphatic rings. The zero-order chi connectivity index (χ0) is 21.4. The van der Waals surface area contributed by atoms with Crippen molar-refractivity contribution in [2.24, 2.45) is 0 Å². The summed E-state index contributed by atoms with van der Waals surface area (Å²) in [6.07, 6.45) is 4.17. The molecule has 0 bridgehead atoms. The molecule has 4 aromatic rings. The maximum absolute atomic E-state index is 13.6. The molecule has 0 fully saturated rings. The molecule has 31 heavy (non-hydrogen) atoms. The van der Waals surface area contributed by atoms with Crippen molar-refractivity contribution < 1.29 is 9.53 Å². The molecule has 0 spiro atoms. The highest BCUT2D eigenvalue weighted by Crippen LogP contribution is 2.36. The Morgan fingerprint density at radius 3 is 2.81 bits per heavy atom. The predicted octanol–water partition coefficient (Wildman–Crippen LogP) is 3.69. The number of thioether (sulfide) groups is 1. The minimum Gasteiger partial charge on any atom is -0.465 e. The fourth-order valence-electron chi connectivity index (χ4n) is 4.10. The average molecular weight is 455 g/mol. The van der Waals surface area contributed by atoms with Gasteiger partial charge in [-0.15, -0.1) is 21.5 Å². The Balaban J connectivity index is 1.71. The lowest BCUT2D eigenvalue weighted by atomic mass is 9.97. The molecular formula is C22H22N4O3S2. The Hall–Kier alpha value is -2.65. The van der Waals surface area contributed by atoms with Crippen LogP contribution in [0, 0.1) is 0 Å². The van der Waals surface area contributed by atoms with Crippen LogP contribution in [0.15, 0.2) is 40.3 Å². The highest BCUT2D eigenvalue weighted by molar-refractivity contribution is 7.99. The largest absolute Gasteiger partial charge is 0.465 e. The minimum absolute atomic E-state index is 0.0138. The average Bonchev–Trinajstić information content (AvgIpc) is 3.37. The maximum atomic E-state index is 13.6. The van der Waals surface area contributed by atoms with E-state index < -0.39 is 0 Å². The van der Waals surface area contributed by atoms with Crippen molar-refractivity contribution in [3.8, 4) is 0 Å². The summed E-state index contributed by atoms with van der Waals surface area (Å²) in [7, 11) is 0. The van der Waals surface area contributed by atoms with E-state index in [1.54, 1.807) is 22.8 Å². The van der Waals surface area contributed by atoms with Gasteiger partial charge in [0.2, 0.25) is 5.78 Å². The molecule has 0 amide bonds. The molecule has 1 aliphatic carbocycles. The lowest BCUT2D eigenvalue weighted by Crippen LogP contribution is -2.24. The normalized spacial score (nSPS) is 13.6. The summed E-state index contributed by atoms with van der Waals surface area (Å²) >= 11 is 2.95. The predicted molar refractivity (Wildman–Crippen MR) is 122 cm³/mol. The van der Waals surface area contributed by atoms with Gasteiger partial charge in [-0.25, -0.2) is 4.40 Å². The van der Waals surface area contributed by atoms with Gasteiger partial charge in [0, 0.05) is 4.88 Å². The fourth-order valence-corrected chi connectivity index (χ4v) is 6.27. The smallest absolute Gasteiger partial charge is 0.316 e. The second kappa shape index (κ2) is 8.47. The molecule has 0 aliphatic heterocycles. The molecule has 5 rings (SSSR count). The van der Waals surface area contributed by atoms with Gasteiger partial charge >= 0.3 is 5.97 Å². The zero-order valence-electron chi connectivity index (χ0n) is 17.2. The number of esters is 1. The monoisotopic (exact) mass is 454 g/mol. The number of fused-ring (bicyclic) bond motifs is 5. The van der Waals surface area contributed by atoms with Crippen molar-refractivity contribution in [2.75, 3.05) is 12.4 Å². The minimum atomic E-state index is -0.288. The van der Waals surface area contributed by atoms with Gasteiger partial charge in [-0.3, -0.25) is 14.2 Å². The van der Waals surface area contributed by atoms with Gasteiger partial charge in [-0.1, -0.05) is 42.1 Å². The third-order valence-electron chi connectivity index (χ3n) is 5.48. The van der Waals surface area contributed by atoms with Crippen molar-refractivity contribution in [3.05, 3.63) is 56.7 Å². The Morgan fingerprint density at radius 1 is 1.19 bits per heavy atom. The van der Waals surface area contributed by atoms with E-state index in [1.165, 1.54) is 22.2 Å². The van der Waals surface area contributed by atoms with Crippen LogP contribution in [0.25, 0.3) is 16.0 Å². The molecule has 0 N–H and O–H groups in total. The molecule has 1 aromatic carbocycles. The lowest BCUT2D eigenvalue weighted by molar-refractivity contribution is -0.139. The highest BCUT2D eigenvalue weighted by Gasteiger charge is 2.25. The summed E-state index contributed by atoms with van der Waals surface area (Å²) in [6.45, 7) is 2.56. The van der Waals surface area contributed by atoms with Crippen LogP contribution in [0.2, 0.25) is 0 Å². The Labute approximate surface area is 187 Å². The number of benzene rings is 1. The first-order valence-electron chi connectivity index (χ1n) is 10.4. The molecule has 7 nitrogen and oxygen atoms in total. The number of hydrogen-bond acceptors (Lipinski definition) is 7. The van der Waals surface area contributed by atoms with Crippen molar-refractivity contribution >= 4 is 45.1 Å². The van der Waals surface area contributed by atoms with Crippen LogP contribution in [0.3, 0.4) is 0 Å². The number of carbonyl (C=O) groups excluding carboxylic acids is 1. The van der Waals surface area contributed by atoms with E-state index in [-0.39, 0.29) is 17.3 Å². The molecule has 0 unspecified atom stereocenters. The molecule has 0 saturated carbocycles. The number of ether oxygens (including phenoxy) is 1. The van der Waals surface area contributed by atoms with Crippen molar-refractivity contribution in [2.45, 2.75) is 44.3 Å². The molecule has 160 valence electrons.